The van der Waals surface area contributed by atoms with E-state index in [2.05, 4.69) is 113 Å². The maximum atomic E-state index is 14.1. The first-order valence-corrected chi connectivity index (χ1v) is 32.0. The van der Waals surface area contributed by atoms with Crippen molar-refractivity contribution in [3.8, 4) is 0 Å². The van der Waals surface area contributed by atoms with Gasteiger partial charge in [0.25, 0.3) is 36.3 Å². The number of rotatable bonds is 26. The Balaban J connectivity index is 0.000000358. The molecule has 0 saturated heterocycles. The Hall–Kier alpha value is -6.72. The van der Waals surface area contributed by atoms with Crippen LogP contribution in [0.4, 0.5) is 83.7 Å². The van der Waals surface area contributed by atoms with Crippen LogP contribution in [-0.4, -0.2) is 87.4 Å². The molecule has 0 atom stereocenters. The minimum Gasteiger partial charge on any atom is -0.870 e. The molecule has 0 aromatic heterocycles. The van der Waals surface area contributed by atoms with E-state index in [0.29, 0.717) is 88.3 Å². The summed E-state index contributed by atoms with van der Waals surface area (Å²) in [5.41, 5.74) is 13.8. The van der Waals surface area contributed by atoms with Crippen LogP contribution < -0.4 is 82.9 Å². The van der Waals surface area contributed by atoms with Gasteiger partial charge in [-0.2, -0.15) is 4.99 Å². The molecule has 532 valence electrons. The normalized spacial score (nSPS) is 15.9. The molecule has 0 unspecified atom stereocenters. The molecular weight excluding hydrogens is 1320 g/mol. The van der Waals surface area contributed by atoms with Gasteiger partial charge in [-0.1, -0.05) is 101 Å². The van der Waals surface area contributed by atoms with Crippen LogP contribution in [0.15, 0.2) is 96.0 Å². The monoisotopic (exact) mass is 1410 g/mol. The van der Waals surface area contributed by atoms with Gasteiger partial charge in [-0.15, -0.1) is 0 Å². The molecule has 1 amide bonds. The Morgan fingerprint density at radius 3 is 1.26 bits per heavy atom. The number of aliphatic imine (C=N–C) groups is 1. The quantitative estimate of drug-likeness (QED) is 0.00899. The van der Waals surface area contributed by atoms with Crippen LogP contribution in [0, 0.1) is 65.3 Å². The minimum atomic E-state index is -2.97. The molecule has 15 nitrogen and oxygen atoms in total. The first kappa shape index (κ1) is 85.5. The van der Waals surface area contributed by atoms with Crippen molar-refractivity contribution < 1.29 is 129 Å². The minimum absolute atomic E-state index is 0. The second-order valence-electron chi connectivity index (χ2n) is 27.8. The van der Waals surface area contributed by atoms with Crippen LogP contribution in [0.25, 0.3) is 4.85 Å². The molecule has 5 aromatic rings. The van der Waals surface area contributed by atoms with Gasteiger partial charge in [0.1, 0.15) is 34.3 Å². The third-order valence-electron chi connectivity index (χ3n) is 15.9. The van der Waals surface area contributed by atoms with Crippen LogP contribution in [0.1, 0.15) is 144 Å². The maximum absolute atomic E-state index is 14.1. The summed E-state index contributed by atoms with van der Waals surface area (Å²) in [7, 11) is 0. The number of nitrogens with two attached hydrogens (primary N) is 2. The van der Waals surface area contributed by atoms with E-state index in [4.69, 9.17) is 27.5 Å². The number of nitrogen functional groups attached to an aromatic ring is 2. The van der Waals surface area contributed by atoms with Crippen LogP contribution in [0.2, 0.25) is 0 Å². The Labute approximate surface area is 611 Å². The first-order valence-electron chi connectivity index (χ1n) is 32.0. The van der Waals surface area contributed by atoms with E-state index in [1.54, 1.807) is 42.5 Å². The van der Waals surface area contributed by atoms with E-state index >= 15 is 0 Å². The van der Waals surface area contributed by atoms with Crippen LogP contribution in [0.5, 0.6) is 0 Å². The summed E-state index contributed by atoms with van der Waals surface area (Å²) in [6.45, 7) is 38.0. The number of amides is 1. The average molecular weight is 1410 g/mol. The van der Waals surface area contributed by atoms with Crippen LogP contribution in [0.3, 0.4) is 0 Å². The summed E-state index contributed by atoms with van der Waals surface area (Å²) in [6, 6.07) is 21.3. The molecule has 3 aliphatic carbocycles. The summed E-state index contributed by atoms with van der Waals surface area (Å²) in [6.07, 6.45) is -2.34. The maximum Gasteiger partial charge on any atom is 1.00 e. The largest absolute Gasteiger partial charge is 1.00 e. The number of isocyanates is 1. The Bertz CT molecular complexity index is 3510. The number of carbonyl (C=O) groups excluding carboxylic acids is 4. The number of nitrogens with zero attached hydrogens (tertiary/aromatic N) is 5. The van der Waals surface area contributed by atoms with E-state index < -0.39 is 102 Å². The molecular formula is C72H91F10KN8O7. The number of hydrogen-bond donors (Lipinski definition) is 3. The SMILES string of the molecule is CC(C)CN(CC(C)C)c1ccc(C2(OC=O)CC(F)(F)C2)cc1N.CC(C)CN(CC(C)C)c1ccc(C2(OC=O)CC(F)(F)C2)cc1NC(=O)Cc1ccc(F)cc1F.O=C=Nc1ccc(F)cc1F.[C-]#[N+]C1(c2ccc(N(CC(C)C)CC(C)C)c(N)c2)CC(F)(F)C1.[K+].[OH-]. The summed E-state index contributed by atoms with van der Waals surface area (Å²) < 4.78 is 143. The number of carbonyl (C=O) groups is 3. The van der Waals surface area contributed by atoms with E-state index in [-0.39, 0.29) is 99.3 Å². The van der Waals surface area contributed by atoms with Gasteiger partial charge in [-0.3, -0.25) is 14.4 Å². The second kappa shape index (κ2) is 36.6. The van der Waals surface area contributed by atoms with Gasteiger partial charge in [0, 0.05) is 57.0 Å². The van der Waals surface area contributed by atoms with E-state index in [9.17, 15) is 63.1 Å². The number of anilines is 6. The van der Waals surface area contributed by atoms with Gasteiger partial charge in [-0.05, 0) is 113 Å². The second-order valence-corrected chi connectivity index (χ2v) is 27.8. The number of nitrogens with one attached hydrogen (secondary N) is 1. The first-order chi connectivity index (χ1) is 44.7. The molecule has 6 N–H and O–H groups in total. The smallest absolute Gasteiger partial charge is 0.870 e. The molecule has 0 bridgehead atoms. The van der Waals surface area contributed by atoms with Crippen molar-refractivity contribution in [1.29, 1.82) is 0 Å². The summed E-state index contributed by atoms with van der Waals surface area (Å²) in [5.74, 6) is -9.74. The van der Waals surface area contributed by atoms with Crippen molar-refractivity contribution in [2.45, 2.75) is 163 Å². The molecule has 3 fully saturated rings. The average Bonchev–Trinajstić information content (AvgIpc) is 0.752. The number of ether oxygens (including phenoxy) is 2. The third-order valence-corrected chi connectivity index (χ3v) is 15.9. The van der Waals surface area contributed by atoms with Crippen molar-refractivity contribution in [2.24, 2.45) is 40.5 Å². The molecule has 98 heavy (non-hydrogen) atoms. The predicted molar refractivity (Wildman–Crippen MR) is 357 cm³/mol. The molecule has 3 saturated carbocycles. The molecule has 0 aliphatic heterocycles. The number of alkyl halides is 6. The standard InChI is InChI=1S/C27H32F4N2O3.C19H27F2N3.C19H28F2N2O2.C7H3F2NO.K.H2O/c1-17(2)12-33(13-18(3)4)24-8-6-20(26(36-16-34)14-27(30,31)15-26)10-23(24)32-25(35)9-19-5-7-21(28)11-22(19)29;1-13(2)9-24(10-14(3)4)17-7-6-15(8-16(17)22)18(23-5)11-19(20,21)12-18;1-13(2)8-23(9-14(3)4)17-6-5-15(7-16(17)22)18(25-12-24)10-19(20,21)11-18;8-5-1-2-7(10-4-11)6(9)3-5;;/h5-8,10-11,16-18H,9,12-15H2,1-4H3,(H,32,35);6-8,13-14H,9-12,22H2,1-4H3;5-7,12-14H,8-11,22H2,1-4H3;1-3H;;1H2/q;;;;+1;/p-1. The zero-order chi connectivity index (χ0) is 71.9. The van der Waals surface area contributed by atoms with Gasteiger partial charge in [-0.25, -0.2) is 55.3 Å². The van der Waals surface area contributed by atoms with E-state index in [0.717, 1.165) is 61.8 Å². The Morgan fingerprint density at radius 2 is 0.908 bits per heavy atom. The fraction of sp³-hybridized carbons (Fsp3) is 0.514. The predicted octanol–water partition coefficient (Wildman–Crippen LogP) is 13.9. The molecule has 8 rings (SSSR count). The van der Waals surface area contributed by atoms with Crippen LogP contribution in [-0.2, 0) is 51.8 Å². The van der Waals surface area contributed by atoms with Crippen LogP contribution >= 0.6 is 0 Å². The number of halogens is 10. The number of benzene rings is 5. The zero-order valence-electron chi connectivity index (χ0n) is 58.0. The Kier molecular flexibility index (Phi) is 31.9. The van der Waals surface area contributed by atoms with Crippen molar-refractivity contribution in [3.63, 3.8) is 0 Å². The number of hydrogen-bond acceptors (Lipinski definition) is 13. The van der Waals surface area contributed by atoms with Crippen molar-refractivity contribution in [2.75, 3.05) is 70.8 Å². The third kappa shape index (κ3) is 24.0. The zero-order valence-corrected chi connectivity index (χ0v) is 61.2. The molecule has 26 heteroatoms. The van der Waals surface area contributed by atoms with Crippen molar-refractivity contribution in [3.05, 3.63) is 148 Å². The molecule has 5 aromatic carbocycles. The fourth-order valence-corrected chi connectivity index (χ4v) is 12.2. The van der Waals surface area contributed by atoms with Gasteiger partial charge in [0.05, 0.1) is 79.1 Å². The summed E-state index contributed by atoms with van der Waals surface area (Å²) in [4.78, 5) is 57.6. The van der Waals surface area contributed by atoms with Gasteiger partial charge in [0.2, 0.25) is 12.0 Å². The van der Waals surface area contributed by atoms with Crippen molar-refractivity contribution >= 4 is 64.7 Å². The molecule has 0 spiro atoms. The van der Waals surface area contributed by atoms with Gasteiger partial charge < -0.3 is 51.3 Å². The molecule has 0 heterocycles. The Morgan fingerprint density at radius 1 is 0.551 bits per heavy atom. The molecule has 3 aliphatic rings. The van der Waals surface area contributed by atoms with E-state index in [1.165, 1.54) is 6.07 Å². The fourth-order valence-electron chi connectivity index (χ4n) is 12.2. The van der Waals surface area contributed by atoms with E-state index in [1.807, 2.05) is 12.1 Å². The summed E-state index contributed by atoms with van der Waals surface area (Å²) in [5, 5.41) is 2.78. The van der Waals surface area contributed by atoms with Crippen molar-refractivity contribution in [1.82, 2.24) is 0 Å². The topological polar surface area (TPSA) is 207 Å². The summed E-state index contributed by atoms with van der Waals surface area (Å²) >= 11 is 0. The van der Waals surface area contributed by atoms with Gasteiger partial charge >= 0.3 is 51.4 Å². The van der Waals surface area contributed by atoms with Gasteiger partial charge in [0.15, 0.2) is 5.82 Å². The molecule has 0 radical (unpaired) electrons.